The molecule has 1 aliphatic rings. The van der Waals surface area contributed by atoms with Gasteiger partial charge in [-0.3, -0.25) is 0 Å². The molecular formula is C15H18IN3O. The van der Waals surface area contributed by atoms with Gasteiger partial charge in [0.15, 0.2) is 11.6 Å². The molecule has 0 amide bonds. The molecule has 2 heterocycles. The van der Waals surface area contributed by atoms with Gasteiger partial charge in [0.2, 0.25) is 0 Å². The summed E-state index contributed by atoms with van der Waals surface area (Å²) < 4.78 is 7.00. The van der Waals surface area contributed by atoms with Crippen molar-refractivity contribution in [3.05, 3.63) is 27.2 Å². The van der Waals surface area contributed by atoms with Gasteiger partial charge in [0.25, 0.3) is 0 Å². The number of hydrogen-bond donors (Lipinski definition) is 1. The third kappa shape index (κ3) is 2.55. The summed E-state index contributed by atoms with van der Waals surface area (Å²) in [6, 6.07) is 4.05. The second-order valence-corrected chi connectivity index (χ2v) is 6.43. The number of furan rings is 1. The molecule has 0 aromatic carbocycles. The summed E-state index contributed by atoms with van der Waals surface area (Å²) >= 11 is 2.27. The third-order valence-electron chi connectivity index (χ3n) is 3.68. The van der Waals surface area contributed by atoms with Crippen LogP contribution in [0.3, 0.4) is 0 Å². The van der Waals surface area contributed by atoms with Crippen LogP contribution in [0.5, 0.6) is 0 Å². The van der Waals surface area contributed by atoms with E-state index in [4.69, 9.17) is 4.42 Å². The van der Waals surface area contributed by atoms with Crippen LogP contribution in [0.25, 0.3) is 11.6 Å². The molecule has 4 nitrogen and oxygen atoms in total. The predicted molar refractivity (Wildman–Crippen MR) is 87.9 cm³/mol. The number of hydrogen-bond acceptors (Lipinski definition) is 4. The van der Waals surface area contributed by atoms with Crippen LogP contribution >= 0.6 is 22.6 Å². The smallest absolute Gasteiger partial charge is 0.197 e. The Morgan fingerprint density at radius 1 is 1.40 bits per heavy atom. The first-order chi connectivity index (χ1) is 9.60. The molecule has 2 aromatic heterocycles. The number of nitrogens with one attached hydrogen (secondary N) is 1. The lowest BCUT2D eigenvalue weighted by Crippen LogP contribution is -2.05. The average Bonchev–Trinajstić information content (AvgIpc) is 2.96. The Labute approximate surface area is 132 Å². The van der Waals surface area contributed by atoms with Crippen molar-refractivity contribution in [2.45, 2.75) is 33.1 Å². The molecule has 1 saturated carbocycles. The number of aryl methyl sites for hydroxylation is 1. The molecular weight excluding hydrogens is 365 g/mol. The Balaban J connectivity index is 1.95. The fraction of sp³-hybridized carbons (Fsp3) is 0.467. The van der Waals surface area contributed by atoms with Gasteiger partial charge in [-0.05, 0) is 60.9 Å². The largest absolute Gasteiger partial charge is 0.457 e. The number of nitrogens with zero attached hydrogens (tertiary/aromatic N) is 2. The Morgan fingerprint density at radius 2 is 2.15 bits per heavy atom. The van der Waals surface area contributed by atoms with Crippen molar-refractivity contribution in [1.82, 2.24) is 9.97 Å². The summed E-state index contributed by atoms with van der Waals surface area (Å²) in [7, 11) is 0. The van der Waals surface area contributed by atoms with Crippen molar-refractivity contribution in [1.29, 1.82) is 0 Å². The van der Waals surface area contributed by atoms with Crippen molar-refractivity contribution in [3.8, 4) is 11.6 Å². The first-order valence-corrected chi connectivity index (χ1v) is 8.06. The molecule has 0 bridgehead atoms. The topological polar surface area (TPSA) is 51.0 Å². The van der Waals surface area contributed by atoms with Crippen molar-refractivity contribution in [3.63, 3.8) is 0 Å². The van der Waals surface area contributed by atoms with E-state index in [1.807, 2.05) is 13.0 Å². The molecule has 1 aliphatic carbocycles. The predicted octanol–water partition coefficient (Wildman–Crippen LogP) is 4.20. The van der Waals surface area contributed by atoms with Crippen molar-refractivity contribution in [2.24, 2.45) is 5.92 Å². The van der Waals surface area contributed by atoms with Crippen LogP contribution in [0, 0.1) is 16.4 Å². The maximum absolute atomic E-state index is 5.94. The van der Waals surface area contributed by atoms with E-state index in [0.717, 1.165) is 39.1 Å². The van der Waals surface area contributed by atoms with Crippen molar-refractivity contribution < 1.29 is 4.42 Å². The van der Waals surface area contributed by atoms with E-state index in [-0.39, 0.29) is 0 Å². The van der Waals surface area contributed by atoms with E-state index in [1.54, 1.807) is 0 Å². The van der Waals surface area contributed by atoms with Gasteiger partial charge in [-0.15, -0.1) is 0 Å². The number of rotatable bonds is 4. The van der Waals surface area contributed by atoms with Crippen LogP contribution in [-0.4, -0.2) is 16.5 Å². The van der Waals surface area contributed by atoms with Crippen LogP contribution in [0.4, 0.5) is 5.82 Å². The Hall–Kier alpha value is -1.11. The molecule has 3 rings (SSSR count). The van der Waals surface area contributed by atoms with Gasteiger partial charge in [-0.2, -0.15) is 0 Å². The highest BCUT2D eigenvalue weighted by molar-refractivity contribution is 14.1. The zero-order valence-electron chi connectivity index (χ0n) is 11.9. The minimum atomic E-state index is 0.585. The lowest BCUT2D eigenvalue weighted by atomic mass is 10.3. The highest BCUT2D eigenvalue weighted by atomic mass is 127. The summed E-state index contributed by atoms with van der Waals surface area (Å²) in [6.45, 7) is 7.16. The van der Waals surface area contributed by atoms with Gasteiger partial charge >= 0.3 is 0 Å². The van der Waals surface area contributed by atoms with E-state index >= 15 is 0 Å². The van der Waals surface area contributed by atoms with Gasteiger partial charge in [-0.25, -0.2) is 9.97 Å². The van der Waals surface area contributed by atoms with Gasteiger partial charge in [0.05, 0.1) is 9.26 Å². The molecule has 1 fully saturated rings. The standard InChI is InChI=1S/C15H18IN3O/c1-4-17-15-13(16)9(3)18-14(19-15)12-6-5-11(20-12)10-7-8(10)2/h5-6,8,10H,4,7H2,1-3H3,(H,17,18,19). The second-order valence-electron chi connectivity index (χ2n) is 5.35. The number of anilines is 1. The maximum atomic E-state index is 5.94. The lowest BCUT2D eigenvalue weighted by Gasteiger charge is -2.08. The summed E-state index contributed by atoms with van der Waals surface area (Å²) in [5, 5.41) is 3.28. The highest BCUT2D eigenvalue weighted by Crippen LogP contribution is 2.47. The van der Waals surface area contributed by atoms with Gasteiger partial charge in [0.1, 0.15) is 11.6 Å². The summed E-state index contributed by atoms with van der Waals surface area (Å²) in [4.78, 5) is 9.13. The molecule has 20 heavy (non-hydrogen) atoms. The van der Waals surface area contributed by atoms with Crippen LogP contribution in [0.15, 0.2) is 16.5 Å². The second kappa shape index (κ2) is 5.35. The molecule has 0 saturated heterocycles. The van der Waals surface area contributed by atoms with Crippen LogP contribution in [-0.2, 0) is 0 Å². The summed E-state index contributed by atoms with van der Waals surface area (Å²) in [6.07, 6.45) is 1.22. The molecule has 2 unspecified atom stereocenters. The van der Waals surface area contributed by atoms with E-state index in [9.17, 15) is 0 Å². The van der Waals surface area contributed by atoms with Crippen molar-refractivity contribution >= 4 is 28.4 Å². The van der Waals surface area contributed by atoms with E-state index < -0.39 is 0 Å². The zero-order valence-corrected chi connectivity index (χ0v) is 14.1. The number of halogens is 1. The van der Waals surface area contributed by atoms with E-state index in [1.165, 1.54) is 6.42 Å². The van der Waals surface area contributed by atoms with Gasteiger partial charge in [0, 0.05) is 12.5 Å². The monoisotopic (exact) mass is 383 g/mol. The maximum Gasteiger partial charge on any atom is 0.197 e. The van der Waals surface area contributed by atoms with Crippen LogP contribution < -0.4 is 5.32 Å². The first-order valence-electron chi connectivity index (χ1n) is 6.98. The fourth-order valence-electron chi connectivity index (χ4n) is 2.34. The number of aromatic nitrogens is 2. The Kier molecular flexibility index (Phi) is 3.70. The third-order valence-corrected chi connectivity index (χ3v) is 4.97. The summed E-state index contributed by atoms with van der Waals surface area (Å²) in [5.41, 5.74) is 0.976. The highest BCUT2D eigenvalue weighted by Gasteiger charge is 2.36. The Morgan fingerprint density at radius 3 is 2.80 bits per heavy atom. The first kappa shape index (κ1) is 13.9. The Bertz CT molecular complexity index is 638. The molecule has 5 heteroatoms. The van der Waals surface area contributed by atoms with Crippen molar-refractivity contribution in [2.75, 3.05) is 11.9 Å². The molecule has 0 aliphatic heterocycles. The molecule has 2 atom stereocenters. The quantitative estimate of drug-likeness (QED) is 0.804. The fourth-order valence-corrected chi connectivity index (χ4v) is 2.78. The molecule has 2 aromatic rings. The molecule has 0 radical (unpaired) electrons. The summed E-state index contributed by atoms with van der Waals surface area (Å²) in [5.74, 6) is 4.70. The molecule has 0 spiro atoms. The minimum absolute atomic E-state index is 0.585. The zero-order chi connectivity index (χ0) is 14.3. The SMILES string of the molecule is CCNc1nc(-c2ccc(C3CC3C)o2)nc(C)c1I. The minimum Gasteiger partial charge on any atom is -0.457 e. The average molecular weight is 383 g/mol. The van der Waals surface area contributed by atoms with E-state index in [0.29, 0.717) is 11.7 Å². The van der Waals surface area contributed by atoms with Crippen LogP contribution in [0.1, 0.15) is 37.6 Å². The normalized spacial score (nSPS) is 21.0. The van der Waals surface area contributed by atoms with E-state index in [2.05, 4.69) is 57.8 Å². The molecule has 106 valence electrons. The lowest BCUT2D eigenvalue weighted by molar-refractivity contribution is 0.515. The molecule has 1 N–H and O–H groups in total. The van der Waals surface area contributed by atoms with Gasteiger partial charge in [-0.1, -0.05) is 6.92 Å². The van der Waals surface area contributed by atoms with Gasteiger partial charge < -0.3 is 9.73 Å². The van der Waals surface area contributed by atoms with Crippen LogP contribution in [0.2, 0.25) is 0 Å².